The van der Waals surface area contributed by atoms with Gasteiger partial charge in [-0.15, -0.1) is 10.2 Å². The van der Waals surface area contributed by atoms with Crippen molar-refractivity contribution in [3.05, 3.63) is 89.7 Å². The van der Waals surface area contributed by atoms with Crippen LogP contribution in [0.5, 0.6) is 0 Å². The van der Waals surface area contributed by atoms with Gasteiger partial charge in [-0.1, -0.05) is 53.7 Å². The third-order valence-electron chi connectivity index (χ3n) is 4.32. The third kappa shape index (κ3) is 4.43. The first-order chi connectivity index (χ1) is 13.8. The van der Waals surface area contributed by atoms with E-state index in [2.05, 4.69) is 44.0 Å². The highest BCUT2D eigenvalue weighted by Crippen LogP contribution is 2.28. The lowest BCUT2D eigenvalue weighted by molar-refractivity contribution is 0.875. The molecule has 0 aliphatic heterocycles. The largest absolute Gasteiger partial charge is 0.270 e. The lowest BCUT2D eigenvalue weighted by atomic mass is 10.1. The number of nitrogens with zero attached hydrogens (tertiary/aromatic N) is 4. The summed E-state index contributed by atoms with van der Waals surface area (Å²) in [6.07, 6.45) is 5.69. The summed E-state index contributed by atoms with van der Waals surface area (Å²) in [5, 5.41) is 10.5. The summed E-state index contributed by atoms with van der Waals surface area (Å²) < 4.78 is 2.07. The number of pyridine rings is 1. The van der Waals surface area contributed by atoms with Gasteiger partial charge in [0.1, 0.15) is 0 Å². The van der Waals surface area contributed by atoms with Gasteiger partial charge in [-0.25, -0.2) is 0 Å². The van der Waals surface area contributed by atoms with Crippen LogP contribution in [0.1, 0.15) is 12.0 Å². The van der Waals surface area contributed by atoms with Crippen molar-refractivity contribution in [3.63, 3.8) is 0 Å². The molecule has 0 unspecified atom stereocenters. The Bertz CT molecular complexity index is 1020. The molecule has 28 heavy (non-hydrogen) atoms. The molecule has 0 aliphatic rings. The molecular weight excluding hydrogens is 388 g/mol. The fourth-order valence-corrected chi connectivity index (χ4v) is 3.97. The summed E-state index contributed by atoms with van der Waals surface area (Å²) in [5.74, 6) is 1.74. The second kappa shape index (κ2) is 9.04. The standard InChI is InChI=1S/C22H19ClN4S/c23-19-10-12-20(13-11-19)27-21(18-9-4-14-24-16-18)25-26-22(27)28-15-5-8-17-6-2-1-3-7-17/h1-4,6-7,9-14,16H,5,8,15H2. The van der Waals surface area contributed by atoms with Crippen LogP contribution in [0.4, 0.5) is 0 Å². The minimum atomic E-state index is 0.705. The summed E-state index contributed by atoms with van der Waals surface area (Å²) in [5.41, 5.74) is 3.28. The van der Waals surface area contributed by atoms with Crippen molar-refractivity contribution in [2.75, 3.05) is 5.75 Å². The smallest absolute Gasteiger partial charge is 0.196 e. The Kier molecular flexibility index (Phi) is 6.04. The number of benzene rings is 2. The minimum absolute atomic E-state index is 0.705. The summed E-state index contributed by atoms with van der Waals surface area (Å²) in [7, 11) is 0. The molecule has 4 nitrogen and oxygen atoms in total. The Balaban J connectivity index is 1.56. The average molecular weight is 407 g/mol. The van der Waals surface area contributed by atoms with Crippen LogP contribution >= 0.6 is 23.4 Å². The normalized spacial score (nSPS) is 10.9. The van der Waals surface area contributed by atoms with Crippen LogP contribution < -0.4 is 0 Å². The molecule has 2 aromatic carbocycles. The second-order valence-corrected chi connectivity index (χ2v) is 7.80. The maximum atomic E-state index is 6.07. The SMILES string of the molecule is Clc1ccc(-n2c(SCCCc3ccccc3)nnc2-c2cccnc2)cc1. The van der Waals surface area contributed by atoms with E-state index in [4.69, 9.17) is 11.6 Å². The first-order valence-corrected chi connectivity index (χ1v) is 10.5. The zero-order valence-electron chi connectivity index (χ0n) is 15.2. The van der Waals surface area contributed by atoms with Crippen molar-refractivity contribution in [2.45, 2.75) is 18.0 Å². The number of aryl methyl sites for hydroxylation is 1. The molecule has 0 amide bonds. The lowest BCUT2D eigenvalue weighted by Gasteiger charge is -2.10. The second-order valence-electron chi connectivity index (χ2n) is 6.30. The Morgan fingerprint density at radius 2 is 1.71 bits per heavy atom. The lowest BCUT2D eigenvalue weighted by Crippen LogP contribution is -2.00. The van der Waals surface area contributed by atoms with Gasteiger partial charge in [0.25, 0.3) is 0 Å². The zero-order chi connectivity index (χ0) is 19.2. The summed E-state index contributed by atoms with van der Waals surface area (Å²) in [6.45, 7) is 0. The predicted molar refractivity (Wildman–Crippen MR) is 115 cm³/mol. The van der Waals surface area contributed by atoms with Crippen LogP contribution in [0, 0.1) is 0 Å². The fraction of sp³-hybridized carbons (Fsp3) is 0.136. The highest BCUT2D eigenvalue weighted by atomic mass is 35.5. The molecule has 0 N–H and O–H groups in total. The van der Waals surface area contributed by atoms with Gasteiger partial charge in [-0.05, 0) is 54.8 Å². The summed E-state index contributed by atoms with van der Waals surface area (Å²) in [6, 6.07) is 22.2. The monoisotopic (exact) mass is 406 g/mol. The third-order valence-corrected chi connectivity index (χ3v) is 5.59. The minimum Gasteiger partial charge on any atom is -0.270 e. The van der Waals surface area contributed by atoms with Crippen molar-refractivity contribution in [2.24, 2.45) is 0 Å². The highest BCUT2D eigenvalue weighted by Gasteiger charge is 2.16. The predicted octanol–water partition coefficient (Wildman–Crippen LogP) is 5.71. The molecule has 4 aromatic rings. The van der Waals surface area contributed by atoms with Crippen molar-refractivity contribution in [1.29, 1.82) is 0 Å². The van der Waals surface area contributed by atoms with Gasteiger partial charge in [0.2, 0.25) is 0 Å². The molecule has 0 aliphatic carbocycles. The van der Waals surface area contributed by atoms with Crippen LogP contribution in [0.15, 0.2) is 84.3 Å². The molecule has 0 radical (unpaired) electrons. The average Bonchev–Trinajstić information content (AvgIpc) is 3.17. The van der Waals surface area contributed by atoms with Crippen molar-refractivity contribution in [1.82, 2.24) is 19.7 Å². The first kappa shape index (κ1) is 18.7. The van der Waals surface area contributed by atoms with E-state index >= 15 is 0 Å². The van der Waals surface area contributed by atoms with Crippen LogP contribution in [0.25, 0.3) is 17.1 Å². The maximum Gasteiger partial charge on any atom is 0.196 e. The number of thioether (sulfide) groups is 1. The Labute approximate surface area is 173 Å². The zero-order valence-corrected chi connectivity index (χ0v) is 16.8. The Morgan fingerprint density at radius 3 is 2.46 bits per heavy atom. The molecule has 0 saturated heterocycles. The molecule has 0 spiro atoms. The van der Waals surface area contributed by atoms with Crippen LogP contribution in [-0.2, 0) is 6.42 Å². The molecule has 0 atom stereocenters. The molecule has 140 valence electrons. The number of aromatic nitrogens is 4. The van der Waals surface area contributed by atoms with E-state index in [9.17, 15) is 0 Å². The van der Waals surface area contributed by atoms with E-state index < -0.39 is 0 Å². The number of rotatable bonds is 7. The summed E-state index contributed by atoms with van der Waals surface area (Å²) in [4.78, 5) is 4.22. The van der Waals surface area contributed by atoms with Crippen molar-refractivity contribution >= 4 is 23.4 Å². The molecule has 4 rings (SSSR count). The number of hydrogen-bond donors (Lipinski definition) is 0. The van der Waals surface area contributed by atoms with Crippen molar-refractivity contribution in [3.8, 4) is 17.1 Å². The van der Waals surface area contributed by atoms with E-state index in [0.717, 1.165) is 40.8 Å². The molecule has 0 fully saturated rings. The fourth-order valence-electron chi connectivity index (χ4n) is 2.95. The van der Waals surface area contributed by atoms with Gasteiger partial charge in [-0.2, -0.15) is 0 Å². The topological polar surface area (TPSA) is 43.6 Å². The summed E-state index contributed by atoms with van der Waals surface area (Å²) >= 11 is 7.79. The van der Waals surface area contributed by atoms with E-state index in [1.165, 1.54) is 5.56 Å². The van der Waals surface area contributed by atoms with Gasteiger partial charge in [0, 0.05) is 34.4 Å². The number of hydrogen-bond acceptors (Lipinski definition) is 4. The van der Waals surface area contributed by atoms with E-state index in [1.807, 2.05) is 42.5 Å². The van der Waals surface area contributed by atoms with Gasteiger partial charge in [0.15, 0.2) is 11.0 Å². The molecule has 2 aromatic heterocycles. The highest BCUT2D eigenvalue weighted by molar-refractivity contribution is 7.99. The Morgan fingerprint density at radius 1 is 0.893 bits per heavy atom. The van der Waals surface area contributed by atoms with Crippen LogP contribution in [-0.4, -0.2) is 25.5 Å². The Hall–Kier alpha value is -2.63. The molecule has 2 heterocycles. The molecule has 0 saturated carbocycles. The molecule has 0 bridgehead atoms. The van der Waals surface area contributed by atoms with E-state index in [1.54, 1.807) is 24.2 Å². The van der Waals surface area contributed by atoms with Gasteiger partial charge < -0.3 is 0 Å². The first-order valence-electron chi connectivity index (χ1n) is 9.10. The van der Waals surface area contributed by atoms with Crippen LogP contribution in [0.2, 0.25) is 5.02 Å². The quantitative estimate of drug-likeness (QED) is 0.291. The molecule has 6 heteroatoms. The maximum absolute atomic E-state index is 6.07. The van der Waals surface area contributed by atoms with Gasteiger partial charge in [0.05, 0.1) is 0 Å². The van der Waals surface area contributed by atoms with Crippen LogP contribution in [0.3, 0.4) is 0 Å². The van der Waals surface area contributed by atoms with Gasteiger partial charge in [-0.3, -0.25) is 9.55 Å². The van der Waals surface area contributed by atoms with Gasteiger partial charge >= 0.3 is 0 Å². The van der Waals surface area contributed by atoms with E-state index in [-0.39, 0.29) is 0 Å². The van der Waals surface area contributed by atoms with Crippen molar-refractivity contribution < 1.29 is 0 Å². The molecular formula is C22H19ClN4S. The number of halogens is 1. The van der Waals surface area contributed by atoms with E-state index in [0.29, 0.717) is 5.02 Å².